The molecule has 2 N–H and O–H groups in total. The quantitative estimate of drug-likeness (QED) is 0.859. The summed E-state index contributed by atoms with van der Waals surface area (Å²) >= 11 is 0. The topological polar surface area (TPSA) is 26.0 Å². The molecule has 18 heavy (non-hydrogen) atoms. The van der Waals surface area contributed by atoms with Crippen molar-refractivity contribution in [3.05, 3.63) is 70.8 Å². The van der Waals surface area contributed by atoms with Crippen molar-refractivity contribution in [2.24, 2.45) is 5.73 Å². The van der Waals surface area contributed by atoms with Gasteiger partial charge in [0, 0.05) is 6.04 Å². The lowest BCUT2D eigenvalue weighted by Crippen LogP contribution is -2.13. The number of rotatable bonds is 4. The fourth-order valence-electron chi connectivity index (χ4n) is 2.28. The molecule has 0 radical (unpaired) electrons. The largest absolute Gasteiger partial charge is 0.324 e. The van der Waals surface area contributed by atoms with Gasteiger partial charge in [-0.2, -0.15) is 0 Å². The monoisotopic (exact) mass is 239 g/mol. The summed E-state index contributed by atoms with van der Waals surface area (Å²) in [4.78, 5) is 0. The molecule has 0 saturated heterocycles. The maximum Gasteiger partial charge on any atom is 0.0300 e. The highest BCUT2D eigenvalue weighted by Crippen LogP contribution is 2.21. The molecule has 1 atom stereocenters. The van der Waals surface area contributed by atoms with E-state index in [4.69, 9.17) is 5.73 Å². The highest BCUT2D eigenvalue weighted by molar-refractivity contribution is 5.33. The molecule has 1 unspecified atom stereocenters. The van der Waals surface area contributed by atoms with Crippen molar-refractivity contribution in [3.63, 3.8) is 0 Å². The van der Waals surface area contributed by atoms with Crippen molar-refractivity contribution in [2.75, 3.05) is 0 Å². The summed E-state index contributed by atoms with van der Waals surface area (Å²) in [5.41, 5.74) is 11.5. The minimum absolute atomic E-state index is 0.130. The van der Waals surface area contributed by atoms with E-state index in [1.807, 2.05) is 6.07 Å². The van der Waals surface area contributed by atoms with Crippen molar-refractivity contribution in [2.45, 2.75) is 32.7 Å². The Hall–Kier alpha value is -1.60. The first-order valence-corrected chi connectivity index (χ1v) is 6.53. The van der Waals surface area contributed by atoms with E-state index in [0.29, 0.717) is 0 Å². The van der Waals surface area contributed by atoms with E-state index in [2.05, 4.69) is 56.3 Å². The van der Waals surface area contributed by atoms with Gasteiger partial charge in [-0.25, -0.2) is 0 Å². The van der Waals surface area contributed by atoms with Crippen LogP contribution < -0.4 is 5.73 Å². The number of hydrogen-bond donors (Lipinski definition) is 1. The maximum atomic E-state index is 6.31. The van der Waals surface area contributed by atoms with Crippen LogP contribution in [0.2, 0.25) is 0 Å². The zero-order valence-corrected chi connectivity index (χ0v) is 11.2. The van der Waals surface area contributed by atoms with Gasteiger partial charge in [-0.05, 0) is 43.4 Å². The molecule has 1 nitrogen and oxygen atoms in total. The Balaban J connectivity index is 2.03. The Labute approximate surface area is 110 Å². The standard InChI is InChI=1S/C17H21N/c1-13-8-9-14(2)16(12-13)17(18)11-10-15-6-4-3-5-7-15/h3-9,12,17H,10-11,18H2,1-2H3. The molecule has 2 rings (SSSR count). The van der Waals surface area contributed by atoms with Gasteiger partial charge in [0.05, 0.1) is 0 Å². The van der Waals surface area contributed by atoms with Crippen LogP contribution in [0.4, 0.5) is 0 Å². The molecule has 0 fully saturated rings. The molecule has 0 bridgehead atoms. The Kier molecular flexibility index (Phi) is 4.16. The Morgan fingerprint density at radius 1 is 1.00 bits per heavy atom. The van der Waals surface area contributed by atoms with E-state index in [0.717, 1.165) is 12.8 Å². The normalized spacial score (nSPS) is 12.4. The van der Waals surface area contributed by atoms with Crippen molar-refractivity contribution < 1.29 is 0 Å². The summed E-state index contributed by atoms with van der Waals surface area (Å²) in [6, 6.07) is 17.2. The average Bonchev–Trinajstić information content (AvgIpc) is 2.40. The number of aryl methyl sites for hydroxylation is 3. The summed E-state index contributed by atoms with van der Waals surface area (Å²) in [5.74, 6) is 0. The minimum Gasteiger partial charge on any atom is -0.324 e. The van der Waals surface area contributed by atoms with E-state index in [1.165, 1.54) is 22.3 Å². The molecule has 0 aliphatic carbocycles. The molecular formula is C17H21N. The summed E-state index contributed by atoms with van der Waals surface area (Å²) in [6.45, 7) is 4.25. The lowest BCUT2D eigenvalue weighted by atomic mass is 9.95. The van der Waals surface area contributed by atoms with Crippen LogP contribution in [0.3, 0.4) is 0 Å². The molecule has 0 aromatic heterocycles. The van der Waals surface area contributed by atoms with Gasteiger partial charge in [0.2, 0.25) is 0 Å². The third-order valence-corrected chi connectivity index (χ3v) is 3.42. The van der Waals surface area contributed by atoms with E-state index in [-0.39, 0.29) is 6.04 Å². The predicted molar refractivity (Wildman–Crippen MR) is 77.6 cm³/mol. The second kappa shape index (κ2) is 5.83. The highest BCUT2D eigenvalue weighted by Gasteiger charge is 2.09. The van der Waals surface area contributed by atoms with Crippen LogP contribution in [0.15, 0.2) is 48.5 Å². The lowest BCUT2D eigenvalue weighted by molar-refractivity contribution is 0.647. The zero-order valence-electron chi connectivity index (χ0n) is 11.2. The number of benzene rings is 2. The fraction of sp³-hybridized carbons (Fsp3) is 0.294. The maximum absolute atomic E-state index is 6.31. The highest BCUT2D eigenvalue weighted by atomic mass is 14.6. The average molecular weight is 239 g/mol. The van der Waals surface area contributed by atoms with Crippen LogP contribution in [0.1, 0.15) is 34.7 Å². The Morgan fingerprint density at radius 3 is 2.44 bits per heavy atom. The van der Waals surface area contributed by atoms with Crippen LogP contribution in [0.5, 0.6) is 0 Å². The second-order valence-electron chi connectivity index (χ2n) is 4.99. The first kappa shape index (κ1) is 12.8. The van der Waals surface area contributed by atoms with E-state index in [1.54, 1.807) is 0 Å². The third-order valence-electron chi connectivity index (χ3n) is 3.42. The summed E-state index contributed by atoms with van der Waals surface area (Å²) < 4.78 is 0. The second-order valence-corrected chi connectivity index (χ2v) is 4.99. The summed E-state index contributed by atoms with van der Waals surface area (Å²) in [7, 11) is 0. The lowest BCUT2D eigenvalue weighted by Gasteiger charge is -2.15. The Morgan fingerprint density at radius 2 is 1.72 bits per heavy atom. The van der Waals surface area contributed by atoms with Crippen LogP contribution in [-0.4, -0.2) is 0 Å². The van der Waals surface area contributed by atoms with Gasteiger partial charge in [-0.1, -0.05) is 54.1 Å². The molecule has 2 aromatic rings. The molecule has 1 heteroatoms. The zero-order chi connectivity index (χ0) is 13.0. The van der Waals surface area contributed by atoms with E-state index in [9.17, 15) is 0 Å². The molecule has 0 aliphatic rings. The molecule has 0 spiro atoms. The van der Waals surface area contributed by atoms with Gasteiger partial charge in [-0.3, -0.25) is 0 Å². The van der Waals surface area contributed by atoms with Gasteiger partial charge in [-0.15, -0.1) is 0 Å². The third kappa shape index (κ3) is 3.21. The number of hydrogen-bond acceptors (Lipinski definition) is 1. The van der Waals surface area contributed by atoms with Crippen LogP contribution >= 0.6 is 0 Å². The predicted octanol–water partition coefficient (Wildman–Crippen LogP) is 3.94. The fourth-order valence-corrected chi connectivity index (χ4v) is 2.28. The molecule has 0 aliphatic heterocycles. The van der Waals surface area contributed by atoms with Gasteiger partial charge < -0.3 is 5.73 Å². The molecular weight excluding hydrogens is 218 g/mol. The van der Waals surface area contributed by atoms with Crippen LogP contribution in [0, 0.1) is 13.8 Å². The van der Waals surface area contributed by atoms with Gasteiger partial charge in [0.25, 0.3) is 0 Å². The van der Waals surface area contributed by atoms with Crippen molar-refractivity contribution in [1.82, 2.24) is 0 Å². The Bertz CT molecular complexity index is 502. The molecule has 0 heterocycles. The SMILES string of the molecule is Cc1ccc(C)c(C(N)CCc2ccccc2)c1. The van der Waals surface area contributed by atoms with Crippen LogP contribution in [0.25, 0.3) is 0 Å². The van der Waals surface area contributed by atoms with Gasteiger partial charge in [0.1, 0.15) is 0 Å². The van der Waals surface area contributed by atoms with Crippen LogP contribution in [-0.2, 0) is 6.42 Å². The minimum atomic E-state index is 0.130. The molecule has 0 amide bonds. The molecule has 94 valence electrons. The first-order chi connectivity index (χ1) is 8.66. The van der Waals surface area contributed by atoms with Crippen molar-refractivity contribution >= 4 is 0 Å². The first-order valence-electron chi connectivity index (χ1n) is 6.53. The molecule has 0 saturated carbocycles. The van der Waals surface area contributed by atoms with E-state index >= 15 is 0 Å². The summed E-state index contributed by atoms with van der Waals surface area (Å²) in [5, 5.41) is 0. The van der Waals surface area contributed by atoms with E-state index < -0.39 is 0 Å². The van der Waals surface area contributed by atoms with Gasteiger partial charge in [0.15, 0.2) is 0 Å². The molecule has 2 aromatic carbocycles. The number of nitrogens with two attached hydrogens (primary N) is 1. The smallest absolute Gasteiger partial charge is 0.0300 e. The van der Waals surface area contributed by atoms with Crippen molar-refractivity contribution in [3.8, 4) is 0 Å². The van der Waals surface area contributed by atoms with Crippen molar-refractivity contribution in [1.29, 1.82) is 0 Å². The van der Waals surface area contributed by atoms with Gasteiger partial charge >= 0.3 is 0 Å². The summed E-state index contributed by atoms with van der Waals surface area (Å²) in [6.07, 6.45) is 2.03.